The molecule has 0 fully saturated rings. The molecule has 0 aliphatic carbocycles. The Morgan fingerprint density at radius 3 is 2.42 bits per heavy atom. The Kier molecular flexibility index (Phi) is 5.38. The van der Waals surface area contributed by atoms with E-state index >= 15 is 0 Å². The summed E-state index contributed by atoms with van der Waals surface area (Å²) in [6.07, 6.45) is 0.181. The number of carbonyl (C=O) groups is 1. The van der Waals surface area contributed by atoms with Gasteiger partial charge in [-0.25, -0.2) is 5.48 Å². The molecule has 1 rings (SSSR count). The number of hydroxylamine groups is 1. The number of amides is 1. The van der Waals surface area contributed by atoms with E-state index in [1.165, 1.54) is 11.0 Å². The SMILES string of the molecule is Cc1cccc(N)c1.O=CNO. The van der Waals surface area contributed by atoms with Gasteiger partial charge in [-0.1, -0.05) is 12.1 Å². The van der Waals surface area contributed by atoms with Crippen molar-refractivity contribution in [3.8, 4) is 0 Å². The minimum Gasteiger partial charge on any atom is -0.399 e. The molecule has 0 saturated carbocycles. The first kappa shape index (κ1) is 10.4. The van der Waals surface area contributed by atoms with Crippen LogP contribution >= 0.6 is 0 Å². The topological polar surface area (TPSA) is 75.4 Å². The Morgan fingerprint density at radius 2 is 2.17 bits per heavy atom. The molecule has 1 aromatic carbocycles. The molecule has 0 unspecified atom stereocenters. The Balaban J connectivity index is 0.000000261. The first-order valence-electron chi connectivity index (χ1n) is 3.36. The fraction of sp³-hybridized carbons (Fsp3) is 0.125. The summed E-state index contributed by atoms with van der Waals surface area (Å²) < 4.78 is 0. The largest absolute Gasteiger partial charge is 0.399 e. The Morgan fingerprint density at radius 1 is 1.58 bits per heavy atom. The van der Waals surface area contributed by atoms with Gasteiger partial charge >= 0.3 is 0 Å². The maximum Gasteiger partial charge on any atom is 0.230 e. The third-order valence-electron chi connectivity index (χ3n) is 1.09. The molecular weight excluding hydrogens is 156 g/mol. The number of hydrogen-bond donors (Lipinski definition) is 3. The molecule has 0 atom stereocenters. The Labute approximate surface area is 71.0 Å². The molecule has 0 radical (unpaired) electrons. The van der Waals surface area contributed by atoms with Gasteiger partial charge in [0.15, 0.2) is 0 Å². The third-order valence-corrected chi connectivity index (χ3v) is 1.09. The van der Waals surface area contributed by atoms with Crippen LogP contribution in [0, 0.1) is 6.92 Å². The number of nitrogens with two attached hydrogens (primary N) is 1. The molecule has 1 amide bonds. The van der Waals surface area contributed by atoms with E-state index in [0.717, 1.165) is 5.69 Å². The van der Waals surface area contributed by atoms with E-state index < -0.39 is 0 Å². The highest BCUT2D eigenvalue weighted by Gasteiger charge is 1.81. The van der Waals surface area contributed by atoms with E-state index in [2.05, 4.69) is 0 Å². The summed E-state index contributed by atoms with van der Waals surface area (Å²) >= 11 is 0. The van der Waals surface area contributed by atoms with Gasteiger partial charge in [-0.2, -0.15) is 0 Å². The number of anilines is 1. The predicted octanol–water partition coefficient (Wildman–Crippen LogP) is 0.699. The summed E-state index contributed by atoms with van der Waals surface area (Å²) in [6.45, 7) is 2.02. The van der Waals surface area contributed by atoms with Crippen LogP contribution in [0.15, 0.2) is 24.3 Å². The van der Waals surface area contributed by atoms with Crippen LogP contribution in [0.2, 0.25) is 0 Å². The van der Waals surface area contributed by atoms with Gasteiger partial charge in [0.25, 0.3) is 0 Å². The van der Waals surface area contributed by atoms with Gasteiger partial charge in [0.05, 0.1) is 0 Å². The minimum absolute atomic E-state index is 0.181. The lowest BCUT2D eigenvalue weighted by Gasteiger charge is -1.91. The maximum atomic E-state index is 8.81. The number of carbonyl (C=O) groups excluding carboxylic acids is 1. The molecule has 4 heteroatoms. The molecule has 0 saturated heterocycles. The highest BCUT2D eigenvalue weighted by atomic mass is 16.5. The third kappa shape index (κ3) is 5.25. The van der Waals surface area contributed by atoms with Crippen molar-refractivity contribution in [3.05, 3.63) is 29.8 Å². The standard InChI is InChI=1S/C7H9N.CH3NO2/c1-6-3-2-4-7(8)5-6;3-1-2-4/h2-5H,8H2,1H3;1,4H,(H,2,3). The zero-order chi connectivity index (χ0) is 9.40. The zero-order valence-corrected chi connectivity index (χ0v) is 6.82. The van der Waals surface area contributed by atoms with Crippen molar-refractivity contribution in [2.75, 3.05) is 5.73 Å². The van der Waals surface area contributed by atoms with Crippen molar-refractivity contribution >= 4 is 12.1 Å². The highest BCUT2D eigenvalue weighted by Crippen LogP contribution is 2.03. The Bertz CT molecular complexity index is 221. The van der Waals surface area contributed by atoms with Crippen LogP contribution < -0.4 is 11.2 Å². The Hall–Kier alpha value is -1.55. The summed E-state index contributed by atoms with van der Waals surface area (Å²) in [4.78, 5) is 8.81. The molecular formula is C8H12N2O2. The molecule has 0 aliphatic rings. The zero-order valence-electron chi connectivity index (χ0n) is 6.82. The van der Waals surface area contributed by atoms with Crippen LogP contribution in [0.3, 0.4) is 0 Å². The summed E-state index contributed by atoms with van der Waals surface area (Å²) in [5, 5.41) is 7.26. The van der Waals surface area contributed by atoms with E-state index in [4.69, 9.17) is 15.7 Å². The average Bonchev–Trinajstić information content (AvgIpc) is 2.04. The molecule has 12 heavy (non-hydrogen) atoms. The summed E-state index contributed by atoms with van der Waals surface area (Å²) in [6, 6.07) is 7.80. The van der Waals surface area contributed by atoms with Crippen molar-refractivity contribution < 1.29 is 10.0 Å². The maximum absolute atomic E-state index is 8.81. The van der Waals surface area contributed by atoms with Crippen molar-refractivity contribution in [2.24, 2.45) is 0 Å². The second-order valence-electron chi connectivity index (χ2n) is 2.16. The summed E-state index contributed by atoms with van der Waals surface area (Å²) in [5.74, 6) is 0. The van der Waals surface area contributed by atoms with Crippen LogP contribution in [0.5, 0.6) is 0 Å². The van der Waals surface area contributed by atoms with Crippen LogP contribution in [0.25, 0.3) is 0 Å². The second kappa shape index (κ2) is 6.18. The number of hydrogen-bond acceptors (Lipinski definition) is 3. The highest BCUT2D eigenvalue weighted by molar-refractivity contribution is 5.43. The van der Waals surface area contributed by atoms with Gasteiger partial charge in [-0.3, -0.25) is 10.0 Å². The quantitative estimate of drug-likeness (QED) is 0.250. The van der Waals surface area contributed by atoms with E-state index in [0.29, 0.717) is 0 Å². The van der Waals surface area contributed by atoms with Crippen LogP contribution in [-0.2, 0) is 4.79 Å². The molecule has 0 spiro atoms. The van der Waals surface area contributed by atoms with Gasteiger partial charge < -0.3 is 5.73 Å². The molecule has 0 aliphatic heterocycles. The molecule has 0 heterocycles. The molecule has 66 valence electrons. The molecule has 4 N–H and O–H groups in total. The van der Waals surface area contributed by atoms with E-state index in [1.807, 2.05) is 31.2 Å². The first-order valence-corrected chi connectivity index (χ1v) is 3.36. The smallest absolute Gasteiger partial charge is 0.230 e. The van der Waals surface area contributed by atoms with Crippen LogP contribution in [0.4, 0.5) is 5.69 Å². The number of nitrogens with one attached hydrogen (secondary N) is 1. The first-order chi connectivity index (χ1) is 5.70. The monoisotopic (exact) mass is 168 g/mol. The normalized spacial score (nSPS) is 7.83. The lowest BCUT2D eigenvalue weighted by atomic mass is 10.2. The van der Waals surface area contributed by atoms with Crippen molar-refractivity contribution in [1.82, 2.24) is 5.48 Å². The lowest BCUT2D eigenvalue weighted by Crippen LogP contribution is -1.99. The summed E-state index contributed by atoms with van der Waals surface area (Å²) in [5.41, 5.74) is 8.76. The number of rotatable bonds is 1. The van der Waals surface area contributed by atoms with Gasteiger partial charge in [0.1, 0.15) is 0 Å². The number of nitrogen functional groups attached to an aromatic ring is 1. The van der Waals surface area contributed by atoms with Crippen molar-refractivity contribution in [3.63, 3.8) is 0 Å². The fourth-order valence-electron chi connectivity index (χ4n) is 0.670. The predicted molar refractivity (Wildman–Crippen MR) is 46.6 cm³/mol. The number of benzene rings is 1. The van der Waals surface area contributed by atoms with Crippen molar-refractivity contribution in [2.45, 2.75) is 6.92 Å². The van der Waals surface area contributed by atoms with Gasteiger partial charge in [0, 0.05) is 5.69 Å². The van der Waals surface area contributed by atoms with Gasteiger partial charge in [-0.05, 0) is 24.6 Å². The molecule has 1 aromatic rings. The fourth-order valence-corrected chi connectivity index (χ4v) is 0.670. The van der Waals surface area contributed by atoms with Gasteiger partial charge in [-0.15, -0.1) is 0 Å². The van der Waals surface area contributed by atoms with E-state index in [-0.39, 0.29) is 6.41 Å². The lowest BCUT2D eigenvalue weighted by molar-refractivity contribution is -0.116. The number of aryl methyl sites for hydroxylation is 1. The van der Waals surface area contributed by atoms with Crippen LogP contribution in [0.1, 0.15) is 5.56 Å². The van der Waals surface area contributed by atoms with Gasteiger partial charge in [0.2, 0.25) is 6.41 Å². The minimum atomic E-state index is 0.181. The summed E-state index contributed by atoms with van der Waals surface area (Å²) in [7, 11) is 0. The molecule has 0 bridgehead atoms. The van der Waals surface area contributed by atoms with Crippen molar-refractivity contribution in [1.29, 1.82) is 0 Å². The second-order valence-corrected chi connectivity index (χ2v) is 2.16. The van der Waals surface area contributed by atoms with E-state index in [1.54, 1.807) is 0 Å². The average molecular weight is 168 g/mol. The molecule has 0 aromatic heterocycles. The van der Waals surface area contributed by atoms with Crippen LogP contribution in [-0.4, -0.2) is 11.6 Å². The molecule has 4 nitrogen and oxygen atoms in total. The van der Waals surface area contributed by atoms with E-state index in [9.17, 15) is 0 Å².